The van der Waals surface area contributed by atoms with Gasteiger partial charge in [0.25, 0.3) is 11.8 Å². The summed E-state index contributed by atoms with van der Waals surface area (Å²) in [7, 11) is 0. The molecule has 0 aliphatic carbocycles. The molecule has 1 saturated heterocycles. The molecule has 9 nitrogen and oxygen atoms in total. The number of hydrogen-bond donors (Lipinski definition) is 1. The van der Waals surface area contributed by atoms with Gasteiger partial charge in [0, 0.05) is 61.8 Å². The van der Waals surface area contributed by atoms with Crippen LogP contribution < -0.4 is 0 Å². The van der Waals surface area contributed by atoms with Gasteiger partial charge in [-0.1, -0.05) is 32.0 Å². The lowest BCUT2D eigenvalue weighted by Gasteiger charge is -2.30. The van der Waals surface area contributed by atoms with Gasteiger partial charge in [-0.3, -0.25) is 14.3 Å². The first-order chi connectivity index (χ1) is 17.0. The Morgan fingerprint density at radius 3 is 2.63 bits per heavy atom. The van der Waals surface area contributed by atoms with E-state index in [-0.39, 0.29) is 11.8 Å². The first kappa shape index (κ1) is 23.3. The fourth-order valence-electron chi connectivity index (χ4n) is 4.78. The van der Waals surface area contributed by atoms with Crippen LogP contribution in [0.25, 0.3) is 11.4 Å². The molecule has 0 unspecified atom stereocenters. The fourth-order valence-corrected chi connectivity index (χ4v) is 4.78. The van der Waals surface area contributed by atoms with E-state index in [1.807, 2.05) is 38.7 Å². The highest BCUT2D eigenvalue weighted by Crippen LogP contribution is 2.28. The van der Waals surface area contributed by atoms with Crippen LogP contribution in [0.3, 0.4) is 0 Å². The summed E-state index contributed by atoms with van der Waals surface area (Å²) in [6, 6.07) is 7.51. The Morgan fingerprint density at radius 2 is 1.89 bits per heavy atom. The number of H-pyrrole nitrogens is 1. The molecule has 5 rings (SSSR count). The van der Waals surface area contributed by atoms with Crippen LogP contribution in [-0.4, -0.2) is 74.2 Å². The summed E-state index contributed by atoms with van der Waals surface area (Å²) in [6.07, 6.45) is 5.08. The lowest BCUT2D eigenvalue weighted by atomic mass is 10.0. The number of morpholine rings is 1. The number of benzene rings is 1. The minimum Gasteiger partial charge on any atom is -0.378 e. The van der Waals surface area contributed by atoms with Gasteiger partial charge in [-0.15, -0.1) is 0 Å². The van der Waals surface area contributed by atoms with Gasteiger partial charge in [0.2, 0.25) is 0 Å². The number of nitrogens with one attached hydrogen (secondary N) is 1. The van der Waals surface area contributed by atoms with E-state index < -0.39 is 0 Å². The largest absolute Gasteiger partial charge is 0.378 e. The normalized spacial score (nSPS) is 16.0. The number of hydrogen-bond acceptors (Lipinski definition) is 5. The molecular weight excluding hydrogens is 444 g/mol. The summed E-state index contributed by atoms with van der Waals surface area (Å²) in [6.45, 7) is 8.29. The summed E-state index contributed by atoms with van der Waals surface area (Å²) in [5.74, 6) is 1.06. The van der Waals surface area contributed by atoms with Crippen LogP contribution in [0.2, 0.25) is 0 Å². The van der Waals surface area contributed by atoms with Crippen LogP contribution in [0, 0.1) is 5.92 Å². The third-order valence-electron chi connectivity index (χ3n) is 6.75. The molecule has 0 bridgehead atoms. The van der Waals surface area contributed by atoms with Crippen molar-refractivity contribution in [3.05, 3.63) is 59.2 Å². The first-order valence-electron chi connectivity index (χ1n) is 12.4. The summed E-state index contributed by atoms with van der Waals surface area (Å²) in [5.41, 5.74) is 3.79. The zero-order valence-electron chi connectivity index (χ0n) is 20.4. The van der Waals surface area contributed by atoms with E-state index in [0.29, 0.717) is 68.8 Å². The maximum atomic E-state index is 13.7. The number of aromatic amines is 1. The first-order valence-corrected chi connectivity index (χ1v) is 12.4. The minimum atomic E-state index is -0.0712. The highest BCUT2D eigenvalue weighted by Gasteiger charge is 2.33. The van der Waals surface area contributed by atoms with E-state index in [0.717, 1.165) is 29.8 Å². The van der Waals surface area contributed by atoms with Gasteiger partial charge in [-0.05, 0) is 18.4 Å². The SMILES string of the molecule is CC(C)CCn1nc(C(=O)N2CCOCC2)c2c1CCN(C(=O)c1ccccc1-c1ncc[nH]1)C2. The van der Waals surface area contributed by atoms with Crippen LogP contribution in [-0.2, 0) is 24.2 Å². The number of imidazole rings is 1. The molecule has 2 amide bonds. The summed E-state index contributed by atoms with van der Waals surface area (Å²) >= 11 is 0. The third kappa shape index (κ3) is 4.73. The Morgan fingerprint density at radius 1 is 1.09 bits per heavy atom. The number of aromatic nitrogens is 4. The van der Waals surface area contributed by atoms with Crippen LogP contribution in [0.4, 0.5) is 0 Å². The second-order valence-corrected chi connectivity index (χ2v) is 9.54. The molecule has 2 aliphatic rings. The summed E-state index contributed by atoms with van der Waals surface area (Å²) < 4.78 is 7.43. The number of nitrogens with zero attached hydrogens (tertiary/aromatic N) is 5. The van der Waals surface area contributed by atoms with Crippen molar-refractivity contribution in [3.8, 4) is 11.4 Å². The number of rotatable bonds is 6. The van der Waals surface area contributed by atoms with Crippen LogP contribution in [0.5, 0.6) is 0 Å². The summed E-state index contributed by atoms with van der Waals surface area (Å²) in [5, 5.41) is 4.80. The smallest absolute Gasteiger partial charge is 0.274 e. The van der Waals surface area contributed by atoms with Crippen molar-refractivity contribution in [1.82, 2.24) is 29.5 Å². The molecule has 3 aromatic rings. The molecule has 0 spiro atoms. The lowest BCUT2D eigenvalue weighted by Crippen LogP contribution is -2.42. The Bertz CT molecular complexity index is 1190. The Kier molecular flexibility index (Phi) is 6.68. The Balaban J connectivity index is 1.45. The average molecular weight is 477 g/mol. The third-order valence-corrected chi connectivity index (χ3v) is 6.75. The number of carbonyl (C=O) groups excluding carboxylic acids is 2. The van der Waals surface area contributed by atoms with Crippen molar-refractivity contribution < 1.29 is 14.3 Å². The van der Waals surface area contributed by atoms with Gasteiger partial charge < -0.3 is 19.5 Å². The molecule has 184 valence electrons. The van der Waals surface area contributed by atoms with Crippen molar-refractivity contribution in [2.24, 2.45) is 5.92 Å². The molecule has 1 N–H and O–H groups in total. The van der Waals surface area contributed by atoms with Gasteiger partial charge in [-0.25, -0.2) is 4.98 Å². The Hall–Kier alpha value is -3.46. The Labute approximate surface area is 205 Å². The van der Waals surface area contributed by atoms with Crippen LogP contribution >= 0.6 is 0 Å². The second-order valence-electron chi connectivity index (χ2n) is 9.54. The molecule has 0 atom stereocenters. The van der Waals surface area contributed by atoms with Gasteiger partial charge in [0.15, 0.2) is 5.69 Å². The average Bonchev–Trinajstić information content (AvgIpc) is 3.55. The highest BCUT2D eigenvalue weighted by atomic mass is 16.5. The molecule has 9 heteroatoms. The molecule has 0 radical (unpaired) electrons. The maximum Gasteiger partial charge on any atom is 0.274 e. The van der Waals surface area contributed by atoms with Crippen LogP contribution in [0.1, 0.15) is 52.4 Å². The van der Waals surface area contributed by atoms with Crippen molar-refractivity contribution in [2.75, 3.05) is 32.8 Å². The minimum absolute atomic E-state index is 0.0673. The van der Waals surface area contributed by atoms with Crippen LogP contribution in [0.15, 0.2) is 36.7 Å². The molecular formula is C26H32N6O3. The van der Waals surface area contributed by atoms with Crippen molar-refractivity contribution >= 4 is 11.8 Å². The molecule has 2 aromatic heterocycles. The van der Waals surface area contributed by atoms with E-state index >= 15 is 0 Å². The van der Waals surface area contributed by atoms with Gasteiger partial charge >= 0.3 is 0 Å². The zero-order valence-corrected chi connectivity index (χ0v) is 20.4. The predicted octanol–water partition coefficient (Wildman–Crippen LogP) is 2.99. The van der Waals surface area contributed by atoms with E-state index in [4.69, 9.17) is 9.84 Å². The topological polar surface area (TPSA) is 96.3 Å². The number of aryl methyl sites for hydroxylation is 1. The predicted molar refractivity (Wildman–Crippen MR) is 131 cm³/mol. The molecule has 2 aliphatic heterocycles. The van der Waals surface area contributed by atoms with Crippen molar-refractivity contribution in [2.45, 2.75) is 39.8 Å². The molecule has 4 heterocycles. The van der Waals surface area contributed by atoms with Gasteiger partial charge in [-0.2, -0.15) is 5.10 Å². The lowest BCUT2D eigenvalue weighted by molar-refractivity contribution is 0.0296. The van der Waals surface area contributed by atoms with Gasteiger partial charge in [0.05, 0.1) is 25.3 Å². The monoisotopic (exact) mass is 476 g/mol. The van der Waals surface area contributed by atoms with Gasteiger partial charge in [0.1, 0.15) is 5.82 Å². The number of amides is 2. The van der Waals surface area contributed by atoms with E-state index in [1.54, 1.807) is 12.4 Å². The second kappa shape index (κ2) is 10.0. The highest BCUT2D eigenvalue weighted by molar-refractivity contribution is 6.00. The van der Waals surface area contributed by atoms with E-state index in [9.17, 15) is 9.59 Å². The number of ether oxygens (including phenoxy) is 1. The number of fused-ring (bicyclic) bond motifs is 1. The standard InChI is InChI=1S/C26H32N6O3/c1-18(2)7-12-32-22-8-11-31(17-21(22)23(29-32)26(34)30-13-15-35-16-14-30)25(33)20-6-4-3-5-19(20)24-27-9-10-28-24/h3-6,9-10,18H,7-8,11-17H2,1-2H3,(H,27,28). The van der Waals surface area contributed by atoms with E-state index in [2.05, 4.69) is 23.8 Å². The van der Waals surface area contributed by atoms with E-state index in [1.165, 1.54) is 0 Å². The summed E-state index contributed by atoms with van der Waals surface area (Å²) in [4.78, 5) is 38.2. The molecule has 35 heavy (non-hydrogen) atoms. The molecule has 1 fully saturated rings. The maximum absolute atomic E-state index is 13.7. The van der Waals surface area contributed by atoms with Crippen molar-refractivity contribution in [1.29, 1.82) is 0 Å². The molecule has 0 saturated carbocycles. The zero-order chi connectivity index (χ0) is 24.4. The number of carbonyl (C=O) groups is 2. The molecule has 1 aromatic carbocycles. The van der Waals surface area contributed by atoms with Crippen molar-refractivity contribution in [3.63, 3.8) is 0 Å². The fraction of sp³-hybridized carbons (Fsp3) is 0.462. The quantitative estimate of drug-likeness (QED) is 0.590.